The van der Waals surface area contributed by atoms with Crippen LogP contribution in [0.4, 0.5) is 0 Å². The van der Waals surface area contributed by atoms with Crippen molar-refractivity contribution in [2.45, 2.75) is 31.1 Å². The number of rotatable bonds is 7. The van der Waals surface area contributed by atoms with E-state index < -0.39 is 7.32 Å². The molecule has 0 heterocycles. The summed E-state index contributed by atoms with van der Waals surface area (Å²) in [6.07, 6.45) is 3.74. The Bertz CT molecular complexity index is 290. The number of benzene rings is 1. The summed E-state index contributed by atoms with van der Waals surface area (Å²) in [5, 5.41) is 17.2. The van der Waals surface area contributed by atoms with E-state index in [1.807, 2.05) is 23.9 Å². The Morgan fingerprint density at radius 1 is 1.19 bits per heavy atom. The molecular weight excluding hydrogens is 223 g/mol. The zero-order chi connectivity index (χ0) is 11.8. The third-order valence-electron chi connectivity index (χ3n) is 2.08. The van der Waals surface area contributed by atoms with Gasteiger partial charge in [-0.1, -0.05) is 19.8 Å². The Kier molecular flexibility index (Phi) is 6.37. The third-order valence-corrected chi connectivity index (χ3v) is 3.18. The van der Waals surface area contributed by atoms with Crippen molar-refractivity contribution in [3.63, 3.8) is 0 Å². The van der Waals surface area contributed by atoms with Crippen LogP contribution in [0.3, 0.4) is 0 Å². The standard InChI is InChI=1S/C11H17BO3S/c1-2-3-4-9-16-11-7-5-10(6-8-11)15-12(13)14/h5-8,13-14H,2-4,9H2,1H3. The van der Waals surface area contributed by atoms with Gasteiger partial charge in [0, 0.05) is 4.90 Å². The molecule has 0 fully saturated rings. The lowest BCUT2D eigenvalue weighted by Crippen LogP contribution is -2.20. The van der Waals surface area contributed by atoms with E-state index in [1.165, 1.54) is 24.2 Å². The second-order valence-electron chi connectivity index (χ2n) is 3.47. The van der Waals surface area contributed by atoms with Crippen molar-refractivity contribution in [1.29, 1.82) is 0 Å². The first-order chi connectivity index (χ1) is 7.72. The van der Waals surface area contributed by atoms with Gasteiger partial charge in [0.25, 0.3) is 0 Å². The Labute approximate surface area is 101 Å². The zero-order valence-corrected chi connectivity index (χ0v) is 10.2. The normalized spacial score (nSPS) is 10.2. The lowest BCUT2D eigenvalue weighted by atomic mass is 10.2. The molecule has 0 aliphatic heterocycles. The van der Waals surface area contributed by atoms with E-state index in [0.717, 1.165) is 5.75 Å². The SMILES string of the molecule is CCCCCSc1ccc(OB(O)O)cc1. The molecule has 16 heavy (non-hydrogen) atoms. The highest BCUT2D eigenvalue weighted by Gasteiger charge is 2.10. The fraction of sp³-hybridized carbons (Fsp3) is 0.455. The quantitative estimate of drug-likeness (QED) is 0.436. The van der Waals surface area contributed by atoms with Gasteiger partial charge in [0.15, 0.2) is 0 Å². The van der Waals surface area contributed by atoms with Crippen LogP contribution < -0.4 is 4.65 Å². The molecule has 0 radical (unpaired) electrons. The van der Waals surface area contributed by atoms with Crippen molar-refractivity contribution in [2.24, 2.45) is 0 Å². The maximum absolute atomic E-state index is 8.60. The van der Waals surface area contributed by atoms with Crippen molar-refractivity contribution < 1.29 is 14.7 Å². The van der Waals surface area contributed by atoms with E-state index >= 15 is 0 Å². The lowest BCUT2D eigenvalue weighted by molar-refractivity contribution is 0.288. The van der Waals surface area contributed by atoms with Gasteiger partial charge in [0.2, 0.25) is 0 Å². The van der Waals surface area contributed by atoms with Crippen LogP contribution in [0.1, 0.15) is 26.2 Å². The fourth-order valence-corrected chi connectivity index (χ4v) is 2.19. The summed E-state index contributed by atoms with van der Waals surface area (Å²) >= 11 is 1.81. The molecule has 88 valence electrons. The van der Waals surface area contributed by atoms with E-state index in [1.54, 1.807) is 12.1 Å². The molecule has 0 aromatic heterocycles. The van der Waals surface area contributed by atoms with Gasteiger partial charge in [0.1, 0.15) is 5.75 Å². The molecule has 5 heteroatoms. The number of thioether (sulfide) groups is 1. The maximum atomic E-state index is 8.60. The highest BCUT2D eigenvalue weighted by molar-refractivity contribution is 7.99. The van der Waals surface area contributed by atoms with Gasteiger partial charge in [-0.3, -0.25) is 0 Å². The maximum Gasteiger partial charge on any atom is 0.707 e. The molecule has 3 nitrogen and oxygen atoms in total. The third kappa shape index (κ3) is 5.44. The fourth-order valence-electron chi connectivity index (χ4n) is 1.28. The summed E-state index contributed by atoms with van der Waals surface area (Å²) in [6, 6.07) is 7.33. The summed E-state index contributed by atoms with van der Waals surface area (Å²) in [5.74, 6) is 1.59. The van der Waals surface area contributed by atoms with Crippen molar-refractivity contribution in [1.82, 2.24) is 0 Å². The first-order valence-corrected chi connectivity index (χ1v) is 6.46. The Hall–Kier alpha value is -0.645. The monoisotopic (exact) mass is 240 g/mol. The average molecular weight is 240 g/mol. The second-order valence-corrected chi connectivity index (χ2v) is 4.64. The largest absolute Gasteiger partial charge is 0.707 e. The second kappa shape index (κ2) is 7.60. The van der Waals surface area contributed by atoms with Crippen LogP contribution in [-0.4, -0.2) is 23.1 Å². The molecule has 2 N–H and O–H groups in total. The van der Waals surface area contributed by atoms with Gasteiger partial charge in [-0.15, -0.1) is 11.8 Å². The van der Waals surface area contributed by atoms with Crippen molar-refractivity contribution in [2.75, 3.05) is 5.75 Å². The van der Waals surface area contributed by atoms with Gasteiger partial charge in [-0.25, -0.2) is 0 Å². The zero-order valence-electron chi connectivity index (χ0n) is 9.43. The average Bonchev–Trinajstić information content (AvgIpc) is 2.26. The predicted octanol–water partition coefficient (Wildman–Crippen LogP) is 2.32. The minimum atomic E-state index is -1.75. The van der Waals surface area contributed by atoms with Gasteiger partial charge in [-0.2, -0.15) is 0 Å². The smallest absolute Gasteiger partial charge is 0.512 e. The first kappa shape index (κ1) is 13.4. The van der Waals surface area contributed by atoms with E-state index in [-0.39, 0.29) is 0 Å². The molecule has 0 aliphatic carbocycles. The molecule has 0 unspecified atom stereocenters. The molecule has 0 saturated carbocycles. The van der Waals surface area contributed by atoms with Gasteiger partial charge < -0.3 is 14.7 Å². The van der Waals surface area contributed by atoms with Crippen LogP contribution in [0, 0.1) is 0 Å². The number of hydrogen-bond donors (Lipinski definition) is 2. The minimum Gasteiger partial charge on any atom is -0.512 e. The molecule has 1 aromatic carbocycles. The van der Waals surface area contributed by atoms with Crippen LogP contribution >= 0.6 is 11.8 Å². The summed E-state index contributed by atoms with van der Waals surface area (Å²) in [5.41, 5.74) is 0. The Morgan fingerprint density at radius 2 is 1.88 bits per heavy atom. The van der Waals surface area contributed by atoms with E-state index in [2.05, 4.69) is 6.92 Å². The van der Waals surface area contributed by atoms with E-state index in [9.17, 15) is 0 Å². The number of hydrogen-bond acceptors (Lipinski definition) is 4. The number of unbranched alkanes of at least 4 members (excludes halogenated alkanes) is 2. The topological polar surface area (TPSA) is 49.7 Å². The van der Waals surface area contributed by atoms with Crippen molar-refractivity contribution >= 4 is 19.1 Å². The molecule has 0 aliphatic rings. The van der Waals surface area contributed by atoms with E-state index in [4.69, 9.17) is 14.7 Å². The molecule has 0 bridgehead atoms. The van der Waals surface area contributed by atoms with E-state index in [0.29, 0.717) is 5.75 Å². The van der Waals surface area contributed by atoms with Crippen LogP contribution in [0.5, 0.6) is 5.75 Å². The van der Waals surface area contributed by atoms with Crippen LogP contribution in [-0.2, 0) is 0 Å². The molecule has 0 spiro atoms. The van der Waals surface area contributed by atoms with Gasteiger partial charge in [0.05, 0.1) is 0 Å². The van der Waals surface area contributed by atoms with Crippen molar-refractivity contribution in [3.8, 4) is 5.75 Å². The van der Waals surface area contributed by atoms with Crippen LogP contribution in [0.2, 0.25) is 0 Å². The molecule has 0 saturated heterocycles. The Balaban J connectivity index is 2.33. The molecule has 0 amide bonds. The van der Waals surface area contributed by atoms with Crippen LogP contribution in [0.15, 0.2) is 29.2 Å². The van der Waals surface area contributed by atoms with Gasteiger partial charge in [-0.05, 0) is 36.4 Å². The molecule has 1 rings (SSSR count). The Morgan fingerprint density at radius 3 is 2.44 bits per heavy atom. The minimum absolute atomic E-state index is 0.466. The molecular formula is C11H17BO3S. The lowest BCUT2D eigenvalue weighted by Gasteiger charge is -2.05. The highest BCUT2D eigenvalue weighted by atomic mass is 32.2. The molecule has 0 atom stereocenters. The van der Waals surface area contributed by atoms with Crippen LogP contribution in [0.25, 0.3) is 0 Å². The predicted molar refractivity (Wildman–Crippen MR) is 67.5 cm³/mol. The molecule has 1 aromatic rings. The summed E-state index contributed by atoms with van der Waals surface area (Å²) in [6.45, 7) is 2.19. The summed E-state index contributed by atoms with van der Waals surface area (Å²) in [4.78, 5) is 1.18. The summed E-state index contributed by atoms with van der Waals surface area (Å²) < 4.78 is 4.71. The van der Waals surface area contributed by atoms with Crippen molar-refractivity contribution in [3.05, 3.63) is 24.3 Å². The summed E-state index contributed by atoms with van der Waals surface area (Å²) in [7, 11) is -1.75. The van der Waals surface area contributed by atoms with Gasteiger partial charge >= 0.3 is 7.32 Å². The highest BCUT2D eigenvalue weighted by Crippen LogP contribution is 2.22. The first-order valence-electron chi connectivity index (χ1n) is 5.48.